The Balaban J connectivity index is 0.960. The summed E-state index contributed by atoms with van der Waals surface area (Å²) in [5.41, 5.74) is 15.9. The van der Waals surface area contributed by atoms with Crippen molar-refractivity contribution >= 4 is 43.6 Å². The van der Waals surface area contributed by atoms with Crippen molar-refractivity contribution in [2.75, 3.05) is 0 Å². The highest BCUT2D eigenvalue weighted by atomic mass is 16.3. The molecule has 0 amide bonds. The minimum absolute atomic E-state index is 0.709. The molecule has 2 heterocycles. The third-order valence-electron chi connectivity index (χ3n) is 10.8. The molecule has 0 bridgehead atoms. The van der Waals surface area contributed by atoms with E-state index >= 15 is 0 Å². The van der Waals surface area contributed by atoms with E-state index in [2.05, 4.69) is 152 Å². The Hall–Kier alpha value is -6.84. The van der Waals surface area contributed by atoms with Crippen molar-refractivity contribution in [3.05, 3.63) is 181 Å². The molecule has 0 fully saturated rings. The smallest absolute Gasteiger partial charge is 0.160 e. The molecule has 52 heavy (non-hydrogen) atoms. The van der Waals surface area contributed by atoms with E-state index in [1.54, 1.807) is 0 Å². The van der Waals surface area contributed by atoms with Crippen LogP contribution in [0.2, 0.25) is 0 Å². The molecule has 1 aliphatic rings. The van der Waals surface area contributed by atoms with Crippen LogP contribution < -0.4 is 0 Å². The van der Waals surface area contributed by atoms with Gasteiger partial charge in [-0.1, -0.05) is 146 Å². The summed E-state index contributed by atoms with van der Waals surface area (Å²) in [4.78, 5) is 10.2. The van der Waals surface area contributed by atoms with E-state index in [9.17, 15) is 0 Å². The number of fused-ring (bicyclic) bond motifs is 9. The molecule has 2 aromatic heterocycles. The average molecular weight is 663 g/mol. The van der Waals surface area contributed by atoms with Crippen LogP contribution in [0, 0.1) is 0 Å². The summed E-state index contributed by atoms with van der Waals surface area (Å²) in [6.07, 6.45) is 0.963. The van der Waals surface area contributed by atoms with Gasteiger partial charge in [-0.05, 0) is 86.0 Å². The predicted octanol–water partition coefficient (Wildman–Crippen LogP) is 12.9. The number of rotatable bonds is 4. The molecule has 3 nitrogen and oxygen atoms in total. The molecule has 242 valence electrons. The molecule has 0 aliphatic heterocycles. The highest BCUT2D eigenvalue weighted by molar-refractivity contribution is 6.06. The molecule has 0 unspecified atom stereocenters. The zero-order chi connectivity index (χ0) is 34.2. The number of para-hydroxylation sites is 2. The van der Waals surface area contributed by atoms with E-state index in [-0.39, 0.29) is 0 Å². The van der Waals surface area contributed by atoms with Gasteiger partial charge < -0.3 is 4.42 Å². The van der Waals surface area contributed by atoms with E-state index in [1.165, 1.54) is 44.2 Å². The molecule has 0 N–H and O–H groups in total. The first kappa shape index (κ1) is 28.9. The Bertz CT molecular complexity index is 3030. The SMILES string of the molecule is c1ccc2c(c1)Cc1c-2ccc2cccc(-c3ccc(-c4nc(-c5ccc(-c6ccc7c(c6)oc6ccccc67)cc5)nc5ccccc45)cc3)c12. The van der Waals surface area contributed by atoms with Crippen molar-refractivity contribution in [3.63, 3.8) is 0 Å². The predicted molar refractivity (Wildman–Crippen MR) is 214 cm³/mol. The van der Waals surface area contributed by atoms with Crippen LogP contribution in [0.25, 0.3) is 99.6 Å². The molecular weight excluding hydrogens is 633 g/mol. The molecule has 0 saturated heterocycles. The monoisotopic (exact) mass is 662 g/mol. The second-order valence-corrected chi connectivity index (χ2v) is 13.7. The van der Waals surface area contributed by atoms with Crippen LogP contribution in [0.3, 0.4) is 0 Å². The number of benzene rings is 8. The number of nitrogens with zero attached hydrogens (tertiary/aromatic N) is 2. The van der Waals surface area contributed by atoms with Crippen LogP contribution in [-0.4, -0.2) is 9.97 Å². The average Bonchev–Trinajstić information content (AvgIpc) is 3.78. The molecule has 1 aliphatic carbocycles. The lowest BCUT2D eigenvalue weighted by molar-refractivity contribution is 0.669. The van der Waals surface area contributed by atoms with Crippen LogP contribution in [0.1, 0.15) is 11.1 Å². The highest BCUT2D eigenvalue weighted by Gasteiger charge is 2.22. The summed E-state index contributed by atoms with van der Waals surface area (Å²) < 4.78 is 6.16. The lowest BCUT2D eigenvalue weighted by Crippen LogP contribution is -1.95. The third-order valence-corrected chi connectivity index (χ3v) is 10.8. The Morgan fingerprint density at radius 3 is 2.02 bits per heavy atom. The maximum absolute atomic E-state index is 6.16. The summed E-state index contributed by atoms with van der Waals surface area (Å²) in [7, 11) is 0. The topological polar surface area (TPSA) is 38.9 Å². The largest absolute Gasteiger partial charge is 0.456 e. The van der Waals surface area contributed by atoms with Crippen molar-refractivity contribution in [1.82, 2.24) is 9.97 Å². The molecule has 8 aromatic carbocycles. The third kappa shape index (κ3) is 4.53. The summed E-state index contributed by atoms with van der Waals surface area (Å²) in [6, 6.07) is 60.4. The van der Waals surface area contributed by atoms with E-state index in [1.807, 2.05) is 18.2 Å². The van der Waals surface area contributed by atoms with Crippen molar-refractivity contribution in [3.8, 4) is 56.0 Å². The number of hydrogen-bond acceptors (Lipinski definition) is 3. The van der Waals surface area contributed by atoms with Crippen LogP contribution >= 0.6 is 0 Å². The maximum atomic E-state index is 6.16. The Morgan fingerprint density at radius 1 is 0.423 bits per heavy atom. The van der Waals surface area contributed by atoms with Crippen molar-refractivity contribution in [1.29, 1.82) is 0 Å². The van der Waals surface area contributed by atoms with Gasteiger partial charge in [0.1, 0.15) is 11.2 Å². The second-order valence-electron chi connectivity index (χ2n) is 13.7. The summed E-state index contributed by atoms with van der Waals surface area (Å²) >= 11 is 0. The fourth-order valence-corrected chi connectivity index (χ4v) is 8.21. The van der Waals surface area contributed by atoms with E-state index < -0.39 is 0 Å². The van der Waals surface area contributed by atoms with Gasteiger partial charge in [-0.25, -0.2) is 9.97 Å². The first-order valence-corrected chi connectivity index (χ1v) is 17.8. The minimum atomic E-state index is 0.709. The standard InChI is InChI=1S/C49H30N2O/c1-2-10-37-36(8-1)28-43-39(37)26-24-32-9-7-13-38(47(32)43)31-18-20-33(21-19-31)48-42-12-3-5-14-44(42)50-49(51-48)34-22-16-30(17-23-34)35-25-27-41-40-11-4-6-15-45(40)52-46(41)29-35/h1-27,29H,28H2. The summed E-state index contributed by atoms with van der Waals surface area (Å²) in [6.45, 7) is 0. The van der Waals surface area contributed by atoms with Gasteiger partial charge in [-0.2, -0.15) is 0 Å². The first-order valence-electron chi connectivity index (χ1n) is 17.8. The number of furan rings is 1. The summed E-state index contributed by atoms with van der Waals surface area (Å²) in [5, 5.41) is 5.94. The molecule has 10 aromatic rings. The zero-order valence-electron chi connectivity index (χ0n) is 28.2. The highest BCUT2D eigenvalue weighted by Crippen LogP contribution is 2.44. The van der Waals surface area contributed by atoms with Gasteiger partial charge in [0.25, 0.3) is 0 Å². The van der Waals surface area contributed by atoms with Crippen molar-refractivity contribution < 1.29 is 4.42 Å². The molecule has 0 radical (unpaired) electrons. The van der Waals surface area contributed by atoms with E-state index in [4.69, 9.17) is 14.4 Å². The summed E-state index contributed by atoms with van der Waals surface area (Å²) in [5.74, 6) is 0.709. The number of aromatic nitrogens is 2. The van der Waals surface area contributed by atoms with Crippen LogP contribution in [0.15, 0.2) is 174 Å². The molecule has 3 heteroatoms. The molecule has 0 spiro atoms. The minimum Gasteiger partial charge on any atom is -0.456 e. The molecular formula is C49H30N2O. The van der Waals surface area contributed by atoms with Gasteiger partial charge in [0, 0.05) is 27.3 Å². The first-order chi connectivity index (χ1) is 25.7. The lowest BCUT2D eigenvalue weighted by atomic mass is 9.91. The van der Waals surface area contributed by atoms with E-state index in [0.717, 1.165) is 67.2 Å². The van der Waals surface area contributed by atoms with Gasteiger partial charge >= 0.3 is 0 Å². The second kappa shape index (κ2) is 11.3. The number of hydrogen-bond donors (Lipinski definition) is 0. The van der Waals surface area contributed by atoms with Crippen LogP contribution in [-0.2, 0) is 6.42 Å². The van der Waals surface area contributed by atoms with Gasteiger partial charge in [-0.3, -0.25) is 0 Å². The molecule has 11 rings (SSSR count). The fraction of sp³-hybridized carbons (Fsp3) is 0.0204. The maximum Gasteiger partial charge on any atom is 0.160 e. The van der Waals surface area contributed by atoms with Crippen LogP contribution in [0.5, 0.6) is 0 Å². The van der Waals surface area contributed by atoms with Gasteiger partial charge in [-0.15, -0.1) is 0 Å². The van der Waals surface area contributed by atoms with Gasteiger partial charge in [0.05, 0.1) is 11.2 Å². The lowest BCUT2D eigenvalue weighted by Gasteiger charge is -2.13. The van der Waals surface area contributed by atoms with Crippen molar-refractivity contribution in [2.24, 2.45) is 0 Å². The van der Waals surface area contributed by atoms with Gasteiger partial charge in [0.2, 0.25) is 0 Å². The normalized spacial score (nSPS) is 12.2. The zero-order valence-corrected chi connectivity index (χ0v) is 28.2. The quantitative estimate of drug-likeness (QED) is 0.188. The van der Waals surface area contributed by atoms with Crippen LogP contribution in [0.4, 0.5) is 0 Å². The Morgan fingerprint density at radius 2 is 1.12 bits per heavy atom. The molecule has 0 saturated carbocycles. The Labute approximate surface area is 300 Å². The fourth-order valence-electron chi connectivity index (χ4n) is 8.21. The van der Waals surface area contributed by atoms with Gasteiger partial charge in [0.15, 0.2) is 5.82 Å². The molecule has 0 atom stereocenters. The van der Waals surface area contributed by atoms with Crippen molar-refractivity contribution in [2.45, 2.75) is 6.42 Å². The van der Waals surface area contributed by atoms with E-state index in [0.29, 0.717) is 5.82 Å². The Kier molecular flexibility index (Phi) is 6.31.